The highest BCUT2D eigenvalue weighted by atomic mass is 19.4. The molecule has 7 heteroatoms. The largest absolute Gasteiger partial charge is 0.418 e. The highest BCUT2D eigenvalue weighted by Crippen LogP contribution is 2.58. The Morgan fingerprint density at radius 1 is 1.12 bits per heavy atom. The molecule has 24 heavy (non-hydrogen) atoms. The third kappa shape index (κ3) is 2.45. The molecule has 0 radical (unpaired) electrons. The summed E-state index contributed by atoms with van der Waals surface area (Å²) in [6, 6.07) is 5.31. The zero-order chi connectivity index (χ0) is 17.3. The minimum absolute atomic E-state index is 0.0182. The first-order valence-corrected chi connectivity index (χ1v) is 7.98. The summed E-state index contributed by atoms with van der Waals surface area (Å²) in [5, 5.41) is 3.00. The van der Waals surface area contributed by atoms with Gasteiger partial charge in [0, 0.05) is 19.2 Å². The smallest absolute Gasteiger partial charge is 0.292 e. The van der Waals surface area contributed by atoms with Crippen LogP contribution in [0.15, 0.2) is 35.5 Å². The van der Waals surface area contributed by atoms with E-state index in [0.717, 1.165) is 24.5 Å². The van der Waals surface area contributed by atoms with Gasteiger partial charge in [0.1, 0.15) is 0 Å². The average Bonchev–Trinajstić information content (AvgIpc) is 3.39. The SMILES string of the molecule is CN1C(C2CC2(F)F)=C(C2CC2)CN1c1ccccc1C(F)(F)F. The van der Waals surface area contributed by atoms with E-state index in [1.54, 1.807) is 13.1 Å². The summed E-state index contributed by atoms with van der Waals surface area (Å²) in [5.74, 6) is -3.36. The van der Waals surface area contributed by atoms with Gasteiger partial charge in [0.15, 0.2) is 0 Å². The van der Waals surface area contributed by atoms with E-state index in [1.165, 1.54) is 22.2 Å². The van der Waals surface area contributed by atoms with Crippen LogP contribution in [0.4, 0.5) is 27.6 Å². The van der Waals surface area contributed by atoms with E-state index < -0.39 is 23.6 Å². The van der Waals surface area contributed by atoms with Crippen LogP contribution in [0, 0.1) is 11.8 Å². The minimum atomic E-state index is -4.48. The Balaban J connectivity index is 1.71. The molecule has 1 heterocycles. The van der Waals surface area contributed by atoms with E-state index >= 15 is 0 Å². The molecule has 2 fully saturated rings. The lowest BCUT2D eigenvalue weighted by atomic mass is 10.1. The zero-order valence-electron chi connectivity index (χ0n) is 13.1. The van der Waals surface area contributed by atoms with Gasteiger partial charge in [-0.2, -0.15) is 13.2 Å². The van der Waals surface area contributed by atoms with Gasteiger partial charge in [-0.25, -0.2) is 8.78 Å². The second-order valence-electron chi connectivity index (χ2n) is 6.80. The molecule has 1 aromatic carbocycles. The van der Waals surface area contributed by atoms with E-state index in [1.807, 2.05) is 0 Å². The van der Waals surface area contributed by atoms with Crippen LogP contribution in [-0.4, -0.2) is 24.5 Å². The second-order valence-corrected chi connectivity index (χ2v) is 6.80. The number of alkyl halides is 5. The number of anilines is 1. The molecule has 1 atom stereocenters. The molecule has 4 rings (SSSR count). The first kappa shape index (κ1) is 15.7. The van der Waals surface area contributed by atoms with Crippen LogP contribution in [-0.2, 0) is 6.18 Å². The average molecular weight is 344 g/mol. The van der Waals surface area contributed by atoms with Gasteiger partial charge < -0.3 is 0 Å². The van der Waals surface area contributed by atoms with Crippen molar-refractivity contribution in [2.24, 2.45) is 11.8 Å². The third-order valence-electron chi connectivity index (χ3n) is 5.07. The van der Waals surface area contributed by atoms with Crippen LogP contribution in [0.25, 0.3) is 0 Å². The Morgan fingerprint density at radius 2 is 1.75 bits per heavy atom. The summed E-state index contributed by atoms with van der Waals surface area (Å²) in [7, 11) is 1.59. The quantitative estimate of drug-likeness (QED) is 0.734. The van der Waals surface area contributed by atoms with Crippen molar-refractivity contribution in [1.29, 1.82) is 0 Å². The first-order chi connectivity index (χ1) is 11.2. The topological polar surface area (TPSA) is 6.48 Å². The number of hydrogen-bond donors (Lipinski definition) is 0. The summed E-state index contributed by atoms with van der Waals surface area (Å²) in [6.07, 6.45) is -2.83. The molecule has 2 aliphatic carbocycles. The van der Waals surface area contributed by atoms with Gasteiger partial charge in [0.25, 0.3) is 5.92 Å². The fraction of sp³-hybridized carbons (Fsp3) is 0.529. The molecule has 0 bridgehead atoms. The number of hydrogen-bond acceptors (Lipinski definition) is 2. The highest BCUT2D eigenvalue weighted by Gasteiger charge is 2.62. The van der Waals surface area contributed by atoms with Gasteiger partial charge >= 0.3 is 6.18 Å². The summed E-state index contributed by atoms with van der Waals surface area (Å²) in [4.78, 5) is 0. The Labute approximate surface area is 136 Å². The lowest BCUT2D eigenvalue weighted by Crippen LogP contribution is -2.36. The zero-order valence-corrected chi connectivity index (χ0v) is 13.1. The van der Waals surface area contributed by atoms with Crippen LogP contribution in [0.3, 0.4) is 0 Å². The van der Waals surface area contributed by atoms with Crippen LogP contribution in [0.1, 0.15) is 24.8 Å². The number of halogens is 5. The third-order valence-corrected chi connectivity index (χ3v) is 5.07. The molecule has 0 aromatic heterocycles. The number of benzene rings is 1. The molecule has 0 amide bonds. The predicted octanol–water partition coefficient (Wildman–Crippen LogP) is 4.69. The van der Waals surface area contributed by atoms with E-state index in [0.29, 0.717) is 5.70 Å². The lowest BCUT2D eigenvalue weighted by Gasteiger charge is -2.32. The number of para-hydroxylation sites is 1. The van der Waals surface area contributed by atoms with Gasteiger partial charge in [0.2, 0.25) is 0 Å². The minimum Gasteiger partial charge on any atom is -0.292 e. The molecular weight excluding hydrogens is 327 g/mol. The van der Waals surface area contributed by atoms with Crippen LogP contribution < -0.4 is 5.01 Å². The summed E-state index contributed by atoms with van der Waals surface area (Å²) in [5.41, 5.74) is 0.691. The maximum atomic E-state index is 13.6. The monoisotopic (exact) mass is 344 g/mol. The van der Waals surface area contributed by atoms with Crippen molar-refractivity contribution in [3.63, 3.8) is 0 Å². The van der Waals surface area contributed by atoms with Crippen molar-refractivity contribution in [3.05, 3.63) is 41.1 Å². The van der Waals surface area contributed by atoms with Crippen molar-refractivity contribution in [2.45, 2.75) is 31.4 Å². The van der Waals surface area contributed by atoms with Crippen molar-refractivity contribution in [1.82, 2.24) is 5.01 Å². The van der Waals surface area contributed by atoms with Crippen molar-refractivity contribution in [2.75, 3.05) is 18.6 Å². The summed E-state index contributed by atoms with van der Waals surface area (Å²) >= 11 is 0. The Hall–Kier alpha value is -1.79. The number of nitrogens with zero attached hydrogens (tertiary/aromatic N) is 2. The molecule has 3 aliphatic rings. The number of hydrazine groups is 1. The van der Waals surface area contributed by atoms with E-state index in [4.69, 9.17) is 0 Å². The molecule has 0 spiro atoms. The molecule has 0 saturated heterocycles. The molecule has 130 valence electrons. The normalized spacial score (nSPS) is 26.3. The highest BCUT2D eigenvalue weighted by molar-refractivity contribution is 5.58. The van der Waals surface area contributed by atoms with Gasteiger partial charge in [-0.1, -0.05) is 12.1 Å². The molecule has 2 nitrogen and oxygen atoms in total. The fourth-order valence-electron chi connectivity index (χ4n) is 3.60. The molecule has 1 aliphatic heterocycles. The number of rotatable bonds is 3. The Bertz CT molecular complexity index is 705. The predicted molar refractivity (Wildman–Crippen MR) is 79.4 cm³/mol. The summed E-state index contributed by atoms with van der Waals surface area (Å²) in [6.45, 7) is 0.260. The van der Waals surface area contributed by atoms with Crippen LogP contribution in [0.2, 0.25) is 0 Å². The number of allylic oxidation sites excluding steroid dienone is 1. The van der Waals surface area contributed by atoms with Crippen molar-refractivity contribution >= 4 is 5.69 Å². The fourth-order valence-corrected chi connectivity index (χ4v) is 3.60. The van der Waals surface area contributed by atoms with Gasteiger partial charge in [-0.15, -0.1) is 0 Å². The second kappa shape index (κ2) is 4.86. The van der Waals surface area contributed by atoms with Gasteiger partial charge in [0.05, 0.1) is 23.7 Å². The van der Waals surface area contributed by atoms with Crippen LogP contribution in [0.5, 0.6) is 0 Å². The van der Waals surface area contributed by atoms with Crippen molar-refractivity contribution < 1.29 is 22.0 Å². The molecule has 1 aromatic rings. The maximum absolute atomic E-state index is 13.6. The molecule has 0 N–H and O–H groups in total. The Morgan fingerprint density at radius 3 is 2.29 bits per heavy atom. The molecular formula is C17H17F5N2. The lowest BCUT2D eigenvalue weighted by molar-refractivity contribution is -0.137. The maximum Gasteiger partial charge on any atom is 0.418 e. The van der Waals surface area contributed by atoms with Gasteiger partial charge in [-0.05, 0) is 36.5 Å². The molecule has 2 saturated carbocycles. The van der Waals surface area contributed by atoms with E-state index in [2.05, 4.69) is 0 Å². The van der Waals surface area contributed by atoms with Crippen LogP contribution >= 0.6 is 0 Å². The van der Waals surface area contributed by atoms with E-state index in [-0.39, 0.29) is 24.6 Å². The van der Waals surface area contributed by atoms with E-state index in [9.17, 15) is 22.0 Å². The summed E-state index contributed by atoms with van der Waals surface area (Å²) < 4.78 is 67.2. The standard InChI is InChI=1S/C17H17F5N2/c1-23-15(13-8-16(13,18)19)11(10-6-7-10)9-24(23)14-5-3-2-4-12(14)17(20,21)22/h2-5,10,13H,6-9H2,1H3. The van der Waals surface area contributed by atoms with Gasteiger partial charge in [-0.3, -0.25) is 10.0 Å². The molecule has 1 unspecified atom stereocenters. The van der Waals surface area contributed by atoms with Crippen molar-refractivity contribution in [3.8, 4) is 0 Å². The first-order valence-electron chi connectivity index (χ1n) is 7.98. The Kier molecular flexibility index (Phi) is 3.19.